The van der Waals surface area contributed by atoms with Crippen molar-refractivity contribution in [2.75, 3.05) is 0 Å². The minimum Gasteiger partial charge on any atom is -0.475 e. The Balaban J connectivity index is 2.84. The molecule has 0 atom stereocenters. The minimum atomic E-state index is -1.52. The molecule has 0 aliphatic heterocycles. The molecule has 2 N–H and O–H groups in total. The third kappa shape index (κ3) is 4.22. The first-order chi connectivity index (χ1) is 8.66. The second-order valence-electron chi connectivity index (χ2n) is 5.90. The number of amides is 1. The zero-order chi connectivity index (χ0) is 14.7. The van der Waals surface area contributed by atoms with Crippen molar-refractivity contribution in [1.82, 2.24) is 5.32 Å². The SMILES string of the molecule is CC(C)(C)OC(=O)NC1(C(=O)C(=O)O)CCCCC1. The summed E-state index contributed by atoms with van der Waals surface area (Å²) in [6, 6.07) is 0. The molecule has 0 heterocycles. The maximum absolute atomic E-state index is 11.9. The number of hydrogen-bond donors (Lipinski definition) is 2. The summed E-state index contributed by atoms with van der Waals surface area (Å²) in [4.78, 5) is 34.6. The number of rotatable bonds is 3. The van der Waals surface area contributed by atoms with Crippen molar-refractivity contribution < 1.29 is 24.2 Å². The predicted molar refractivity (Wildman–Crippen MR) is 67.8 cm³/mol. The van der Waals surface area contributed by atoms with Gasteiger partial charge in [-0.3, -0.25) is 4.79 Å². The van der Waals surface area contributed by atoms with Gasteiger partial charge in [0.05, 0.1) is 0 Å². The monoisotopic (exact) mass is 271 g/mol. The first-order valence-electron chi connectivity index (χ1n) is 6.45. The number of carbonyl (C=O) groups excluding carboxylic acids is 2. The number of aliphatic carboxylic acids is 1. The predicted octanol–water partition coefficient (Wildman–Crippen LogP) is 1.87. The zero-order valence-corrected chi connectivity index (χ0v) is 11.6. The quantitative estimate of drug-likeness (QED) is 0.764. The topological polar surface area (TPSA) is 92.7 Å². The summed E-state index contributed by atoms with van der Waals surface area (Å²) < 4.78 is 5.10. The fourth-order valence-corrected chi connectivity index (χ4v) is 2.27. The molecule has 0 bridgehead atoms. The molecule has 0 aromatic carbocycles. The van der Waals surface area contributed by atoms with E-state index in [1.165, 1.54) is 0 Å². The van der Waals surface area contributed by atoms with Gasteiger partial charge in [-0.25, -0.2) is 9.59 Å². The Kier molecular flexibility index (Phi) is 4.55. The van der Waals surface area contributed by atoms with Crippen molar-refractivity contribution in [2.24, 2.45) is 0 Å². The Hall–Kier alpha value is -1.59. The van der Waals surface area contributed by atoms with Gasteiger partial charge in [0.2, 0.25) is 0 Å². The van der Waals surface area contributed by atoms with E-state index in [9.17, 15) is 14.4 Å². The van der Waals surface area contributed by atoms with Crippen LogP contribution in [0.1, 0.15) is 52.9 Å². The number of alkyl carbamates (subject to hydrolysis) is 1. The Labute approximate surface area is 112 Å². The van der Waals surface area contributed by atoms with Gasteiger partial charge in [0.15, 0.2) is 0 Å². The van der Waals surface area contributed by atoms with Crippen molar-refractivity contribution in [2.45, 2.75) is 64.0 Å². The number of Topliss-reactive ketones (excluding diaryl/α,β-unsaturated/α-hetero) is 1. The van der Waals surface area contributed by atoms with E-state index in [1.807, 2.05) is 0 Å². The number of carboxylic acid groups (broad SMARTS) is 1. The molecule has 19 heavy (non-hydrogen) atoms. The van der Waals surface area contributed by atoms with E-state index >= 15 is 0 Å². The first kappa shape index (κ1) is 15.5. The molecule has 6 heteroatoms. The van der Waals surface area contributed by atoms with Crippen LogP contribution in [0.5, 0.6) is 0 Å². The second kappa shape index (κ2) is 5.59. The molecule has 1 aliphatic carbocycles. The highest BCUT2D eigenvalue weighted by Crippen LogP contribution is 2.29. The summed E-state index contributed by atoms with van der Waals surface area (Å²) in [6.07, 6.45) is 2.31. The second-order valence-corrected chi connectivity index (χ2v) is 5.90. The molecule has 1 fully saturated rings. The summed E-state index contributed by atoms with van der Waals surface area (Å²) in [7, 11) is 0. The highest BCUT2D eigenvalue weighted by molar-refractivity contribution is 6.36. The molecule has 0 saturated heterocycles. The lowest BCUT2D eigenvalue weighted by molar-refractivity contribution is -0.153. The third-order valence-electron chi connectivity index (χ3n) is 3.08. The van der Waals surface area contributed by atoms with Gasteiger partial charge in [-0.05, 0) is 33.6 Å². The van der Waals surface area contributed by atoms with Crippen LogP contribution >= 0.6 is 0 Å². The lowest BCUT2D eigenvalue weighted by atomic mass is 9.78. The maximum Gasteiger partial charge on any atom is 0.408 e. The third-order valence-corrected chi connectivity index (χ3v) is 3.08. The fraction of sp³-hybridized carbons (Fsp3) is 0.769. The molecule has 108 valence electrons. The minimum absolute atomic E-state index is 0.345. The molecule has 1 saturated carbocycles. The Morgan fingerprint density at radius 1 is 1.11 bits per heavy atom. The van der Waals surface area contributed by atoms with E-state index in [-0.39, 0.29) is 0 Å². The van der Waals surface area contributed by atoms with Crippen LogP contribution in [0.2, 0.25) is 0 Å². The summed E-state index contributed by atoms with van der Waals surface area (Å²) in [5.74, 6) is -2.48. The van der Waals surface area contributed by atoms with Crippen LogP contribution in [0.25, 0.3) is 0 Å². The van der Waals surface area contributed by atoms with Gasteiger partial charge in [-0.15, -0.1) is 0 Å². The smallest absolute Gasteiger partial charge is 0.408 e. The zero-order valence-electron chi connectivity index (χ0n) is 11.6. The van der Waals surface area contributed by atoms with Crippen LogP contribution in [0.4, 0.5) is 4.79 Å². The molecule has 0 unspecified atom stereocenters. The van der Waals surface area contributed by atoms with E-state index in [0.717, 1.165) is 19.3 Å². The summed E-state index contributed by atoms with van der Waals surface area (Å²) >= 11 is 0. The van der Waals surface area contributed by atoms with Gasteiger partial charge < -0.3 is 15.2 Å². The lowest BCUT2D eigenvalue weighted by Crippen LogP contribution is -2.58. The molecular formula is C13H21NO5. The van der Waals surface area contributed by atoms with Crippen LogP contribution in [0, 0.1) is 0 Å². The molecule has 1 amide bonds. The largest absolute Gasteiger partial charge is 0.475 e. The lowest BCUT2D eigenvalue weighted by Gasteiger charge is -2.35. The molecule has 6 nitrogen and oxygen atoms in total. The number of ether oxygens (including phenoxy) is 1. The van der Waals surface area contributed by atoms with E-state index in [2.05, 4.69) is 5.32 Å². The summed E-state index contributed by atoms with van der Waals surface area (Å²) in [5.41, 5.74) is -2.00. The van der Waals surface area contributed by atoms with Crippen molar-refractivity contribution in [3.8, 4) is 0 Å². The van der Waals surface area contributed by atoms with E-state index in [4.69, 9.17) is 9.84 Å². The van der Waals surface area contributed by atoms with Gasteiger partial charge in [-0.1, -0.05) is 19.3 Å². The van der Waals surface area contributed by atoms with Crippen molar-refractivity contribution >= 4 is 17.8 Å². The first-order valence-corrected chi connectivity index (χ1v) is 6.45. The number of ketones is 1. The Morgan fingerprint density at radius 3 is 2.05 bits per heavy atom. The van der Waals surface area contributed by atoms with Gasteiger partial charge in [0.1, 0.15) is 11.1 Å². The van der Waals surface area contributed by atoms with Gasteiger partial charge in [0, 0.05) is 0 Å². The van der Waals surface area contributed by atoms with Crippen LogP contribution in [0.15, 0.2) is 0 Å². The molecule has 0 spiro atoms. The fourth-order valence-electron chi connectivity index (χ4n) is 2.27. The van der Waals surface area contributed by atoms with Crippen molar-refractivity contribution in [3.63, 3.8) is 0 Å². The number of nitrogens with one attached hydrogen (secondary N) is 1. The van der Waals surface area contributed by atoms with Crippen LogP contribution in [-0.2, 0) is 14.3 Å². The van der Waals surface area contributed by atoms with Gasteiger partial charge >= 0.3 is 12.1 Å². The number of carbonyl (C=O) groups is 3. The molecule has 1 rings (SSSR count). The van der Waals surface area contributed by atoms with Gasteiger partial charge in [0.25, 0.3) is 5.78 Å². The van der Waals surface area contributed by atoms with Gasteiger partial charge in [-0.2, -0.15) is 0 Å². The van der Waals surface area contributed by atoms with E-state index in [1.54, 1.807) is 20.8 Å². The van der Waals surface area contributed by atoms with E-state index < -0.39 is 29.0 Å². The molecular weight excluding hydrogens is 250 g/mol. The number of carboxylic acids is 1. The molecule has 1 aliphatic rings. The van der Waals surface area contributed by atoms with Crippen LogP contribution in [-0.4, -0.2) is 34.1 Å². The van der Waals surface area contributed by atoms with Crippen molar-refractivity contribution in [1.29, 1.82) is 0 Å². The Morgan fingerprint density at radius 2 is 1.63 bits per heavy atom. The normalized spacial score (nSPS) is 18.5. The highest BCUT2D eigenvalue weighted by Gasteiger charge is 2.45. The summed E-state index contributed by atoms with van der Waals surface area (Å²) in [5, 5.41) is 11.4. The van der Waals surface area contributed by atoms with Crippen molar-refractivity contribution in [3.05, 3.63) is 0 Å². The molecule has 0 aromatic heterocycles. The standard InChI is InChI=1S/C13H21NO5/c1-12(2,3)19-11(18)14-13(9(15)10(16)17)7-5-4-6-8-13/h4-8H2,1-3H3,(H,14,18)(H,16,17). The summed E-state index contributed by atoms with van der Waals surface area (Å²) in [6.45, 7) is 5.12. The molecule has 0 aromatic rings. The number of hydrogen-bond acceptors (Lipinski definition) is 4. The molecule has 0 radical (unpaired) electrons. The van der Waals surface area contributed by atoms with Crippen LogP contribution < -0.4 is 5.32 Å². The van der Waals surface area contributed by atoms with Crippen LogP contribution in [0.3, 0.4) is 0 Å². The highest BCUT2D eigenvalue weighted by atomic mass is 16.6. The average molecular weight is 271 g/mol. The Bertz CT molecular complexity index is 377. The average Bonchev–Trinajstić information content (AvgIpc) is 2.26. The maximum atomic E-state index is 11.9. The van der Waals surface area contributed by atoms with E-state index in [0.29, 0.717) is 12.8 Å².